The molecule has 0 saturated carbocycles. The zero-order valence-electron chi connectivity index (χ0n) is 6.93. The molecule has 0 amide bonds. The van der Waals surface area contributed by atoms with E-state index in [4.69, 9.17) is 5.73 Å². The lowest BCUT2D eigenvalue weighted by atomic mass is 10.5. The van der Waals surface area contributed by atoms with E-state index >= 15 is 0 Å². The SMILES string of the molecule is NCCS(=O)(=O)NCc1ccon1. The monoisotopic (exact) mass is 205 g/mol. The van der Waals surface area contributed by atoms with Crippen LogP contribution in [0.1, 0.15) is 5.69 Å². The molecule has 0 atom stereocenters. The minimum atomic E-state index is -3.26. The fourth-order valence-electron chi connectivity index (χ4n) is 0.740. The average molecular weight is 205 g/mol. The smallest absolute Gasteiger partial charge is 0.213 e. The lowest BCUT2D eigenvalue weighted by molar-refractivity contribution is 0.411. The molecule has 1 aromatic rings. The fraction of sp³-hybridized carbons (Fsp3) is 0.500. The first-order valence-electron chi connectivity index (χ1n) is 3.71. The van der Waals surface area contributed by atoms with Gasteiger partial charge >= 0.3 is 0 Å². The lowest BCUT2D eigenvalue weighted by Gasteiger charge is -2.01. The topological polar surface area (TPSA) is 98.2 Å². The highest BCUT2D eigenvalue weighted by atomic mass is 32.2. The van der Waals surface area contributed by atoms with E-state index < -0.39 is 10.0 Å². The van der Waals surface area contributed by atoms with E-state index in [0.717, 1.165) is 0 Å². The molecule has 0 saturated heterocycles. The number of nitrogens with zero attached hydrogens (tertiary/aromatic N) is 1. The van der Waals surface area contributed by atoms with Crippen molar-refractivity contribution in [3.8, 4) is 0 Å². The van der Waals surface area contributed by atoms with E-state index in [-0.39, 0.29) is 18.8 Å². The molecule has 3 N–H and O–H groups in total. The van der Waals surface area contributed by atoms with Crippen LogP contribution >= 0.6 is 0 Å². The Balaban J connectivity index is 2.43. The molecule has 6 nitrogen and oxygen atoms in total. The molecule has 1 heterocycles. The molecule has 0 radical (unpaired) electrons. The van der Waals surface area contributed by atoms with Gasteiger partial charge in [-0.2, -0.15) is 0 Å². The van der Waals surface area contributed by atoms with Crippen LogP contribution in [0.25, 0.3) is 0 Å². The summed E-state index contributed by atoms with van der Waals surface area (Å²) in [7, 11) is -3.26. The van der Waals surface area contributed by atoms with Crippen LogP contribution in [0, 0.1) is 0 Å². The van der Waals surface area contributed by atoms with E-state index in [1.165, 1.54) is 6.26 Å². The molecule has 0 unspecified atom stereocenters. The van der Waals surface area contributed by atoms with Crippen LogP contribution in [0.4, 0.5) is 0 Å². The molecule has 74 valence electrons. The zero-order chi connectivity index (χ0) is 9.73. The number of hydrogen-bond donors (Lipinski definition) is 2. The van der Waals surface area contributed by atoms with Crippen molar-refractivity contribution in [3.05, 3.63) is 18.0 Å². The Morgan fingerprint density at radius 3 is 2.92 bits per heavy atom. The van der Waals surface area contributed by atoms with Gasteiger partial charge in [0.25, 0.3) is 0 Å². The third kappa shape index (κ3) is 3.53. The molecule has 0 aliphatic heterocycles. The van der Waals surface area contributed by atoms with Crippen molar-refractivity contribution < 1.29 is 12.9 Å². The fourth-order valence-corrected chi connectivity index (χ4v) is 1.56. The molecule has 0 spiro atoms. The molecule has 0 fully saturated rings. The Hall–Kier alpha value is -0.920. The number of aromatic nitrogens is 1. The summed E-state index contributed by atoms with van der Waals surface area (Å²) in [5.41, 5.74) is 5.65. The van der Waals surface area contributed by atoms with E-state index in [2.05, 4.69) is 14.4 Å². The van der Waals surface area contributed by atoms with E-state index in [1.54, 1.807) is 6.07 Å². The van der Waals surface area contributed by atoms with Crippen LogP contribution in [0.15, 0.2) is 16.9 Å². The minimum Gasteiger partial charge on any atom is -0.364 e. The zero-order valence-corrected chi connectivity index (χ0v) is 7.75. The predicted octanol–water partition coefficient (Wildman–Crippen LogP) is -0.947. The maximum Gasteiger partial charge on any atom is 0.213 e. The summed E-state index contributed by atoms with van der Waals surface area (Å²) < 4.78 is 29.0. The first-order chi connectivity index (χ1) is 6.14. The second-order valence-electron chi connectivity index (χ2n) is 2.42. The molecular weight excluding hydrogens is 194 g/mol. The second kappa shape index (κ2) is 4.35. The van der Waals surface area contributed by atoms with Crippen molar-refractivity contribution in [2.75, 3.05) is 12.3 Å². The Kier molecular flexibility index (Phi) is 3.40. The van der Waals surface area contributed by atoms with Crippen molar-refractivity contribution in [1.82, 2.24) is 9.88 Å². The van der Waals surface area contributed by atoms with Gasteiger partial charge in [-0.1, -0.05) is 5.16 Å². The van der Waals surface area contributed by atoms with E-state index in [1.807, 2.05) is 0 Å². The lowest BCUT2D eigenvalue weighted by Crippen LogP contribution is -2.29. The quantitative estimate of drug-likeness (QED) is 0.646. The normalized spacial score (nSPS) is 11.8. The maximum absolute atomic E-state index is 11.1. The van der Waals surface area contributed by atoms with Gasteiger partial charge in [-0.15, -0.1) is 0 Å². The molecule has 1 aromatic heterocycles. The van der Waals surface area contributed by atoms with Gasteiger partial charge in [-0.3, -0.25) is 0 Å². The Labute approximate surface area is 76.1 Å². The predicted molar refractivity (Wildman–Crippen MR) is 46.2 cm³/mol. The summed E-state index contributed by atoms with van der Waals surface area (Å²) in [6.45, 7) is 0.243. The summed E-state index contributed by atoms with van der Waals surface area (Å²) in [6, 6.07) is 1.59. The van der Waals surface area contributed by atoms with Crippen LogP contribution in [0.5, 0.6) is 0 Å². The standard InChI is InChI=1S/C6H11N3O3S/c7-2-4-13(10,11)8-5-6-1-3-12-9-6/h1,3,8H,2,4-5,7H2. The molecular formula is C6H11N3O3S. The molecule has 0 aromatic carbocycles. The van der Waals surface area contributed by atoms with Crippen LogP contribution in [-0.2, 0) is 16.6 Å². The number of sulfonamides is 1. The Morgan fingerprint density at radius 1 is 1.62 bits per heavy atom. The molecule has 0 aliphatic carbocycles. The molecule has 1 rings (SSSR count). The van der Waals surface area contributed by atoms with Gasteiger partial charge in [0, 0.05) is 12.6 Å². The summed E-state index contributed by atoms with van der Waals surface area (Å²) in [5.74, 6) is -0.0785. The van der Waals surface area contributed by atoms with Gasteiger partial charge < -0.3 is 10.3 Å². The highest BCUT2D eigenvalue weighted by Gasteiger charge is 2.08. The van der Waals surface area contributed by atoms with Crippen molar-refractivity contribution in [1.29, 1.82) is 0 Å². The number of hydrogen-bond acceptors (Lipinski definition) is 5. The van der Waals surface area contributed by atoms with Gasteiger partial charge in [-0.05, 0) is 0 Å². The Morgan fingerprint density at radius 2 is 2.38 bits per heavy atom. The van der Waals surface area contributed by atoms with Crippen LogP contribution in [0.2, 0.25) is 0 Å². The summed E-state index contributed by atoms with van der Waals surface area (Å²) >= 11 is 0. The largest absolute Gasteiger partial charge is 0.364 e. The van der Waals surface area contributed by atoms with Gasteiger partial charge in [0.2, 0.25) is 10.0 Å². The Bertz CT molecular complexity index is 332. The molecule has 0 bridgehead atoms. The average Bonchev–Trinajstić information content (AvgIpc) is 2.52. The van der Waals surface area contributed by atoms with Crippen LogP contribution in [0.3, 0.4) is 0 Å². The van der Waals surface area contributed by atoms with Crippen molar-refractivity contribution >= 4 is 10.0 Å². The van der Waals surface area contributed by atoms with Crippen molar-refractivity contribution in [3.63, 3.8) is 0 Å². The summed E-state index contributed by atoms with van der Waals surface area (Å²) in [6.07, 6.45) is 1.38. The third-order valence-corrected chi connectivity index (χ3v) is 2.71. The van der Waals surface area contributed by atoms with E-state index in [9.17, 15) is 8.42 Å². The highest BCUT2D eigenvalue weighted by Crippen LogP contribution is 1.94. The minimum absolute atomic E-state index is 0.0785. The first-order valence-corrected chi connectivity index (χ1v) is 5.36. The molecule has 7 heteroatoms. The highest BCUT2D eigenvalue weighted by molar-refractivity contribution is 7.89. The molecule has 13 heavy (non-hydrogen) atoms. The number of rotatable bonds is 5. The number of nitrogens with one attached hydrogen (secondary N) is 1. The maximum atomic E-state index is 11.1. The van der Waals surface area contributed by atoms with Crippen LogP contribution < -0.4 is 10.5 Å². The first kappa shape index (κ1) is 10.2. The summed E-state index contributed by atoms with van der Waals surface area (Å²) in [5, 5.41) is 3.55. The molecule has 0 aliphatic rings. The van der Waals surface area contributed by atoms with Gasteiger partial charge in [0.15, 0.2) is 0 Å². The van der Waals surface area contributed by atoms with Gasteiger partial charge in [0.05, 0.1) is 18.0 Å². The van der Waals surface area contributed by atoms with Crippen LogP contribution in [-0.4, -0.2) is 25.9 Å². The van der Waals surface area contributed by atoms with Crippen molar-refractivity contribution in [2.45, 2.75) is 6.54 Å². The number of nitrogens with two attached hydrogens (primary N) is 1. The van der Waals surface area contributed by atoms with Crippen molar-refractivity contribution in [2.24, 2.45) is 5.73 Å². The van der Waals surface area contributed by atoms with Gasteiger partial charge in [-0.25, -0.2) is 13.1 Å². The summed E-state index contributed by atoms with van der Waals surface area (Å²) in [4.78, 5) is 0. The van der Waals surface area contributed by atoms with E-state index in [0.29, 0.717) is 5.69 Å². The third-order valence-electron chi connectivity index (χ3n) is 1.35. The second-order valence-corrected chi connectivity index (χ2v) is 4.35. The van der Waals surface area contributed by atoms with Gasteiger partial charge in [0.1, 0.15) is 6.26 Å².